The van der Waals surface area contributed by atoms with Gasteiger partial charge in [0.2, 0.25) is 0 Å². The van der Waals surface area contributed by atoms with Crippen molar-refractivity contribution in [3.05, 3.63) is 35.1 Å². The molecule has 0 saturated heterocycles. The van der Waals surface area contributed by atoms with Gasteiger partial charge in [-0.1, -0.05) is 25.8 Å². The largest absolute Gasteiger partial charge is 0.465 e. The smallest absolute Gasteiger partial charge is 0.340 e. The fourth-order valence-corrected chi connectivity index (χ4v) is 3.11. The summed E-state index contributed by atoms with van der Waals surface area (Å²) in [5.41, 5.74) is 0.839. The summed E-state index contributed by atoms with van der Waals surface area (Å²) in [6.45, 7) is 3.92. The van der Waals surface area contributed by atoms with Crippen molar-refractivity contribution in [1.29, 1.82) is 0 Å². The predicted octanol–water partition coefficient (Wildman–Crippen LogP) is 3.53. The second-order valence-electron chi connectivity index (χ2n) is 6.07. The van der Waals surface area contributed by atoms with Crippen molar-refractivity contribution in [3.63, 3.8) is 0 Å². The number of carbonyl (C=O) groups is 1. The molecule has 0 spiro atoms. The Bertz CT molecular complexity index is 490. The Morgan fingerprint density at radius 3 is 2.90 bits per heavy atom. The lowest BCUT2D eigenvalue weighted by Crippen LogP contribution is -2.26. The van der Waals surface area contributed by atoms with Crippen LogP contribution in [0.25, 0.3) is 0 Å². The number of carbonyl (C=O) groups excluding carboxylic acids is 1. The molecule has 116 valence electrons. The average molecular weight is 293 g/mol. The molecule has 4 heteroatoms. The van der Waals surface area contributed by atoms with Crippen molar-refractivity contribution in [3.8, 4) is 0 Å². The highest BCUT2D eigenvalue weighted by Crippen LogP contribution is 2.27. The molecule has 2 atom stereocenters. The molecule has 0 aromatic heterocycles. The van der Waals surface area contributed by atoms with Gasteiger partial charge in [0.25, 0.3) is 0 Å². The Hall–Kier alpha value is -1.42. The number of halogens is 1. The fraction of sp³-hybridized carbons (Fsp3) is 0.588. The molecule has 1 saturated carbocycles. The molecular formula is C17H24FNO2. The van der Waals surface area contributed by atoms with Crippen LogP contribution in [0.2, 0.25) is 0 Å². The van der Waals surface area contributed by atoms with Crippen LogP contribution < -0.4 is 5.32 Å². The van der Waals surface area contributed by atoms with E-state index in [-0.39, 0.29) is 5.56 Å². The van der Waals surface area contributed by atoms with Crippen molar-refractivity contribution in [2.75, 3.05) is 13.7 Å². The van der Waals surface area contributed by atoms with Crippen molar-refractivity contribution < 1.29 is 13.9 Å². The van der Waals surface area contributed by atoms with Gasteiger partial charge < -0.3 is 10.1 Å². The number of nitrogens with one attached hydrogen (secondary N) is 1. The number of hydrogen-bond acceptors (Lipinski definition) is 3. The van der Waals surface area contributed by atoms with Gasteiger partial charge in [0.05, 0.1) is 12.7 Å². The van der Waals surface area contributed by atoms with E-state index in [0.717, 1.165) is 23.9 Å². The Morgan fingerprint density at radius 2 is 2.24 bits per heavy atom. The summed E-state index contributed by atoms with van der Waals surface area (Å²) < 4.78 is 18.3. The molecule has 1 aromatic carbocycles. The second-order valence-corrected chi connectivity index (χ2v) is 6.07. The Morgan fingerprint density at radius 1 is 1.43 bits per heavy atom. The van der Waals surface area contributed by atoms with Gasteiger partial charge in [-0.05, 0) is 48.9 Å². The lowest BCUT2D eigenvalue weighted by Gasteiger charge is -2.26. The maximum Gasteiger partial charge on any atom is 0.340 e. The van der Waals surface area contributed by atoms with Crippen LogP contribution in [-0.4, -0.2) is 19.6 Å². The van der Waals surface area contributed by atoms with E-state index in [0.29, 0.717) is 6.54 Å². The van der Waals surface area contributed by atoms with Gasteiger partial charge in [-0.2, -0.15) is 0 Å². The molecule has 0 heterocycles. The van der Waals surface area contributed by atoms with Crippen LogP contribution in [-0.2, 0) is 11.3 Å². The van der Waals surface area contributed by atoms with E-state index in [1.165, 1.54) is 44.9 Å². The summed E-state index contributed by atoms with van der Waals surface area (Å²) >= 11 is 0. The molecule has 0 bridgehead atoms. The van der Waals surface area contributed by atoms with Crippen LogP contribution in [0.3, 0.4) is 0 Å². The topological polar surface area (TPSA) is 38.3 Å². The van der Waals surface area contributed by atoms with Crippen LogP contribution >= 0.6 is 0 Å². The number of ether oxygens (including phenoxy) is 1. The number of benzene rings is 1. The molecule has 0 aliphatic heterocycles. The lowest BCUT2D eigenvalue weighted by atomic mass is 9.82. The number of rotatable bonds is 5. The van der Waals surface area contributed by atoms with Gasteiger partial charge in [-0.15, -0.1) is 0 Å². The summed E-state index contributed by atoms with van der Waals surface area (Å²) in [5.74, 6) is 0.394. The van der Waals surface area contributed by atoms with Crippen LogP contribution in [0.4, 0.5) is 4.39 Å². The molecule has 1 aromatic rings. The molecule has 0 radical (unpaired) electrons. The quantitative estimate of drug-likeness (QED) is 0.844. The molecule has 2 unspecified atom stereocenters. The minimum Gasteiger partial charge on any atom is -0.465 e. The van der Waals surface area contributed by atoms with Gasteiger partial charge >= 0.3 is 5.97 Å². The summed E-state index contributed by atoms with van der Waals surface area (Å²) in [5, 5.41) is 3.40. The highest BCUT2D eigenvalue weighted by Gasteiger charge is 2.18. The molecular weight excluding hydrogens is 269 g/mol. The van der Waals surface area contributed by atoms with Crippen LogP contribution in [0.5, 0.6) is 0 Å². The average Bonchev–Trinajstić information content (AvgIpc) is 2.47. The molecule has 1 N–H and O–H groups in total. The molecule has 2 rings (SSSR count). The SMILES string of the molecule is COC(=O)c1ccc(CNCC2CCCC(C)C2)cc1F. The molecule has 3 nitrogen and oxygen atoms in total. The van der Waals surface area contributed by atoms with Gasteiger partial charge in [0, 0.05) is 6.54 Å². The first kappa shape index (κ1) is 16.0. The van der Waals surface area contributed by atoms with Gasteiger partial charge in [0.15, 0.2) is 0 Å². The fourth-order valence-electron chi connectivity index (χ4n) is 3.11. The van der Waals surface area contributed by atoms with Crippen molar-refractivity contribution in [1.82, 2.24) is 5.32 Å². The van der Waals surface area contributed by atoms with Crippen LogP contribution in [0, 0.1) is 17.7 Å². The zero-order valence-corrected chi connectivity index (χ0v) is 12.8. The zero-order valence-electron chi connectivity index (χ0n) is 12.8. The Labute approximate surface area is 125 Å². The molecule has 1 aliphatic carbocycles. The first-order valence-corrected chi connectivity index (χ1v) is 7.67. The third-order valence-corrected chi connectivity index (χ3v) is 4.25. The summed E-state index contributed by atoms with van der Waals surface area (Å²) in [6, 6.07) is 4.66. The summed E-state index contributed by atoms with van der Waals surface area (Å²) in [6.07, 6.45) is 5.22. The van der Waals surface area contributed by atoms with Crippen molar-refractivity contribution in [2.24, 2.45) is 11.8 Å². The maximum absolute atomic E-state index is 13.8. The van der Waals surface area contributed by atoms with Gasteiger partial charge in [-0.25, -0.2) is 9.18 Å². The maximum atomic E-state index is 13.8. The summed E-state index contributed by atoms with van der Waals surface area (Å²) in [4.78, 5) is 11.3. The molecule has 1 fully saturated rings. The molecule has 21 heavy (non-hydrogen) atoms. The summed E-state index contributed by atoms with van der Waals surface area (Å²) in [7, 11) is 1.25. The van der Waals surface area contributed by atoms with E-state index in [1.807, 2.05) is 0 Å². The zero-order chi connectivity index (χ0) is 15.2. The first-order chi connectivity index (χ1) is 10.1. The van der Waals surface area contributed by atoms with Gasteiger partial charge in [0.1, 0.15) is 5.82 Å². The van der Waals surface area contributed by atoms with Gasteiger partial charge in [-0.3, -0.25) is 0 Å². The highest BCUT2D eigenvalue weighted by molar-refractivity contribution is 5.89. The molecule has 0 amide bonds. The van der Waals surface area contributed by atoms with E-state index in [4.69, 9.17) is 0 Å². The monoisotopic (exact) mass is 293 g/mol. The van der Waals surface area contributed by atoms with Crippen LogP contribution in [0.15, 0.2) is 18.2 Å². The number of methoxy groups -OCH3 is 1. The van der Waals surface area contributed by atoms with E-state index in [2.05, 4.69) is 17.0 Å². The van der Waals surface area contributed by atoms with Crippen molar-refractivity contribution >= 4 is 5.97 Å². The third kappa shape index (κ3) is 4.53. The van der Waals surface area contributed by atoms with E-state index in [1.54, 1.807) is 6.07 Å². The normalized spacial score (nSPS) is 22.0. The van der Waals surface area contributed by atoms with Crippen LogP contribution in [0.1, 0.15) is 48.5 Å². The first-order valence-electron chi connectivity index (χ1n) is 7.67. The highest BCUT2D eigenvalue weighted by atomic mass is 19.1. The predicted molar refractivity (Wildman–Crippen MR) is 80.6 cm³/mol. The lowest BCUT2D eigenvalue weighted by molar-refractivity contribution is 0.0595. The number of esters is 1. The second kappa shape index (κ2) is 7.55. The third-order valence-electron chi connectivity index (χ3n) is 4.25. The van der Waals surface area contributed by atoms with E-state index in [9.17, 15) is 9.18 Å². The van der Waals surface area contributed by atoms with Crippen molar-refractivity contribution in [2.45, 2.75) is 39.2 Å². The van der Waals surface area contributed by atoms with E-state index >= 15 is 0 Å². The standard InChI is InChI=1S/C17H24FNO2/c1-12-4-3-5-13(8-12)10-19-11-14-6-7-15(16(18)9-14)17(20)21-2/h6-7,9,12-13,19H,3-5,8,10-11H2,1-2H3. The minimum absolute atomic E-state index is 0.0117. The Kier molecular flexibility index (Phi) is 5.74. The molecule has 1 aliphatic rings. The van der Waals surface area contributed by atoms with E-state index < -0.39 is 11.8 Å². The number of hydrogen-bond donors (Lipinski definition) is 1. The Balaban J connectivity index is 1.83. The minimum atomic E-state index is -0.636.